The number of carbonyl (C=O) groups is 1. The molecule has 0 radical (unpaired) electrons. The molecule has 1 amide bonds. The van der Waals surface area contributed by atoms with E-state index in [9.17, 15) is 4.79 Å². The molecule has 0 unspecified atom stereocenters. The molecular weight excluding hydrogens is 394 g/mol. The summed E-state index contributed by atoms with van der Waals surface area (Å²) in [5, 5.41) is 15.0. The molecule has 2 N–H and O–H groups in total. The molecule has 1 aromatic carbocycles. The van der Waals surface area contributed by atoms with Gasteiger partial charge in [0.2, 0.25) is 0 Å². The van der Waals surface area contributed by atoms with E-state index in [1.54, 1.807) is 24.1 Å². The van der Waals surface area contributed by atoms with E-state index in [0.717, 1.165) is 28.9 Å². The van der Waals surface area contributed by atoms with Crippen molar-refractivity contribution in [2.45, 2.75) is 32.9 Å². The maximum atomic E-state index is 12.8. The zero-order valence-electron chi connectivity index (χ0n) is 16.5. The fourth-order valence-electron chi connectivity index (χ4n) is 3.63. The molecule has 3 aromatic rings. The summed E-state index contributed by atoms with van der Waals surface area (Å²) in [6.07, 6.45) is 2.47. The van der Waals surface area contributed by atoms with Gasteiger partial charge in [0.15, 0.2) is 5.69 Å². The number of fused-ring (bicyclic) bond motifs is 1. The van der Waals surface area contributed by atoms with Gasteiger partial charge >= 0.3 is 0 Å². The molecule has 2 aromatic heterocycles. The number of aromatic nitrogens is 4. The van der Waals surface area contributed by atoms with Gasteiger partial charge in [-0.15, -0.1) is 0 Å². The lowest BCUT2D eigenvalue weighted by Crippen LogP contribution is -2.35. The second-order valence-electron chi connectivity index (χ2n) is 6.82. The minimum absolute atomic E-state index is 0.236. The number of aryl methyl sites for hydroxylation is 1. The highest BCUT2D eigenvalue weighted by molar-refractivity contribution is 6.33. The van der Waals surface area contributed by atoms with E-state index in [1.807, 2.05) is 26.0 Å². The molecule has 1 aliphatic heterocycles. The van der Waals surface area contributed by atoms with Gasteiger partial charge in [-0.25, -0.2) is 4.68 Å². The molecule has 9 heteroatoms. The van der Waals surface area contributed by atoms with Crippen molar-refractivity contribution in [2.75, 3.05) is 13.7 Å². The molecule has 4 rings (SSSR count). The smallest absolute Gasteiger partial charge is 0.272 e. The van der Waals surface area contributed by atoms with E-state index in [1.165, 1.54) is 0 Å². The molecular formula is C20H22ClN5O3. The molecule has 1 atom stereocenters. The van der Waals surface area contributed by atoms with Crippen molar-refractivity contribution in [1.82, 2.24) is 25.3 Å². The fraction of sp³-hybridized carbons (Fsp3) is 0.350. The van der Waals surface area contributed by atoms with Crippen molar-refractivity contribution in [2.24, 2.45) is 0 Å². The first kappa shape index (κ1) is 19.5. The summed E-state index contributed by atoms with van der Waals surface area (Å²) in [4.78, 5) is 12.8. The monoisotopic (exact) mass is 415 g/mol. The molecule has 0 fully saturated rings. The highest BCUT2D eigenvalue weighted by Gasteiger charge is 2.29. The van der Waals surface area contributed by atoms with Crippen molar-refractivity contribution >= 4 is 17.5 Å². The van der Waals surface area contributed by atoms with Gasteiger partial charge in [0, 0.05) is 16.8 Å². The zero-order valence-corrected chi connectivity index (χ0v) is 17.2. The van der Waals surface area contributed by atoms with Gasteiger partial charge in [-0.2, -0.15) is 10.2 Å². The van der Waals surface area contributed by atoms with Crippen LogP contribution in [0.25, 0.3) is 5.69 Å². The quantitative estimate of drug-likeness (QED) is 0.667. The van der Waals surface area contributed by atoms with Crippen LogP contribution in [0.3, 0.4) is 0 Å². The summed E-state index contributed by atoms with van der Waals surface area (Å²) in [5.41, 5.74) is 4.66. The highest BCUT2D eigenvalue weighted by atomic mass is 35.5. The predicted molar refractivity (Wildman–Crippen MR) is 108 cm³/mol. The SMILES string of the molecule is CCc1c(C(=O)N[C@@H]2COCc3c2cnn3-c2cccc(OC)c2Cl)n[nH]c1C. The molecule has 3 heterocycles. The number of methoxy groups -OCH3 is 1. The van der Waals surface area contributed by atoms with Gasteiger partial charge in [-0.05, 0) is 25.5 Å². The number of halogens is 1. The van der Waals surface area contributed by atoms with Crippen molar-refractivity contribution in [3.05, 3.63) is 57.6 Å². The number of hydrogen-bond donors (Lipinski definition) is 2. The van der Waals surface area contributed by atoms with E-state index in [4.69, 9.17) is 21.1 Å². The van der Waals surface area contributed by atoms with Gasteiger partial charge in [0.1, 0.15) is 10.8 Å². The largest absolute Gasteiger partial charge is 0.495 e. The van der Waals surface area contributed by atoms with Crippen molar-refractivity contribution in [3.8, 4) is 11.4 Å². The highest BCUT2D eigenvalue weighted by Crippen LogP contribution is 2.33. The first-order chi connectivity index (χ1) is 14.0. The third-order valence-electron chi connectivity index (χ3n) is 5.14. The Morgan fingerprint density at radius 2 is 2.31 bits per heavy atom. The van der Waals surface area contributed by atoms with Gasteiger partial charge in [0.05, 0.1) is 43.9 Å². The van der Waals surface area contributed by atoms with Gasteiger partial charge in [-0.1, -0.05) is 24.6 Å². The van der Waals surface area contributed by atoms with E-state index in [2.05, 4.69) is 20.6 Å². The average molecular weight is 416 g/mol. The summed E-state index contributed by atoms with van der Waals surface area (Å²) in [6, 6.07) is 5.17. The van der Waals surface area contributed by atoms with Gasteiger partial charge < -0.3 is 14.8 Å². The van der Waals surface area contributed by atoms with Crippen LogP contribution in [0.4, 0.5) is 0 Å². The second-order valence-corrected chi connectivity index (χ2v) is 7.20. The molecule has 8 nitrogen and oxygen atoms in total. The van der Waals surface area contributed by atoms with Gasteiger partial charge in [-0.3, -0.25) is 9.89 Å². The predicted octanol–water partition coefficient (Wildman–Crippen LogP) is 3.13. The van der Waals surface area contributed by atoms with Crippen LogP contribution in [0.5, 0.6) is 5.75 Å². The maximum Gasteiger partial charge on any atom is 0.272 e. The van der Waals surface area contributed by atoms with Crippen LogP contribution in [0.1, 0.15) is 46.0 Å². The number of rotatable bonds is 5. The van der Waals surface area contributed by atoms with Crippen LogP contribution in [-0.2, 0) is 17.8 Å². The number of aromatic amines is 1. The Hall–Kier alpha value is -2.84. The molecule has 0 bridgehead atoms. The normalized spacial score (nSPS) is 15.8. The van der Waals surface area contributed by atoms with Crippen LogP contribution in [0.2, 0.25) is 5.02 Å². The summed E-state index contributed by atoms with van der Waals surface area (Å²) < 4.78 is 12.8. The molecule has 1 aliphatic rings. The standard InChI is InChI=1S/C20H22ClN5O3/c1-4-12-11(2)24-25-19(12)20(27)23-14-9-29-10-16-13(14)8-22-26(16)15-6-5-7-17(28-3)18(15)21/h5-8,14H,4,9-10H2,1-3H3,(H,23,27)(H,24,25)/t14-/m1/s1. The summed E-state index contributed by atoms with van der Waals surface area (Å²) in [7, 11) is 1.57. The first-order valence-electron chi connectivity index (χ1n) is 9.37. The topological polar surface area (TPSA) is 94.1 Å². The number of hydrogen-bond acceptors (Lipinski definition) is 5. The van der Waals surface area contributed by atoms with Crippen molar-refractivity contribution < 1.29 is 14.3 Å². The van der Waals surface area contributed by atoms with Crippen LogP contribution in [0, 0.1) is 6.92 Å². The minimum Gasteiger partial charge on any atom is -0.495 e. The molecule has 0 saturated carbocycles. The Morgan fingerprint density at radius 1 is 1.48 bits per heavy atom. The Kier molecular flexibility index (Phi) is 5.29. The summed E-state index contributed by atoms with van der Waals surface area (Å²) in [5.74, 6) is 0.329. The first-order valence-corrected chi connectivity index (χ1v) is 9.75. The van der Waals surface area contributed by atoms with E-state index < -0.39 is 0 Å². The lowest BCUT2D eigenvalue weighted by molar-refractivity contribution is 0.0684. The maximum absolute atomic E-state index is 12.8. The molecule has 0 saturated heterocycles. The molecule has 0 aliphatic carbocycles. The van der Waals surface area contributed by atoms with Crippen molar-refractivity contribution in [3.63, 3.8) is 0 Å². The van der Waals surface area contributed by atoms with Crippen LogP contribution in [-0.4, -0.2) is 39.6 Å². The molecule has 0 spiro atoms. The lowest BCUT2D eigenvalue weighted by atomic mass is 10.1. The fourth-order valence-corrected chi connectivity index (χ4v) is 3.92. The Bertz CT molecular complexity index is 1060. The van der Waals surface area contributed by atoms with E-state index in [-0.39, 0.29) is 11.9 Å². The van der Waals surface area contributed by atoms with Crippen LogP contribution >= 0.6 is 11.6 Å². The number of nitrogens with one attached hydrogen (secondary N) is 2. The number of carbonyl (C=O) groups excluding carboxylic acids is 1. The Morgan fingerprint density at radius 3 is 3.07 bits per heavy atom. The molecule has 152 valence electrons. The number of benzene rings is 1. The van der Waals surface area contributed by atoms with E-state index in [0.29, 0.717) is 35.4 Å². The third kappa shape index (κ3) is 3.38. The zero-order chi connectivity index (χ0) is 20.5. The second kappa shape index (κ2) is 7.88. The number of amides is 1. The van der Waals surface area contributed by atoms with Crippen LogP contribution < -0.4 is 10.1 Å². The Balaban J connectivity index is 1.64. The molecule has 29 heavy (non-hydrogen) atoms. The summed E-state index contributed by atoms with van der Waals surface area (Å²) >= 11 is 6.47. The Labute approximate surface area is 173 Å². The summed E-state index contributed by atoms with van der Waals surface area (Å²) in [6.45, 7) is 4.64. The van der Waals surface area contributed by atoms with Crippen molar-refractivity contribution in [1.29, 1.82) is 0 Å². The van der Waals surface area contributed by atoms with Gasteiger partial charge in [0.25, 0.3) is 5.91 Å². The number of nitrogens with zero attached hydrogens (tertiary/aromatic N) is 3. The minimum atomic E-state index is -0.328. The third-order valence-corrected chi connectivity index (χ3v) is 5.52. The van der Waals surface area contributed by atoms with Crippen LogP contribution in [0.15, 0.2) is 24.4 Å². The lowest BCUT2D eigenvalue weighted by Gasteiger charge is -2.24. The number of H-pyrrole nitrogens is 1. The number of ether oxygens (including phenoxy) is 2. The van der Waals surface area contributed by atoms with E-state index >= 15 is 0 Å². The average Bonchev–Trinajstić information content (AvgIpc) is 3.32.